The first-order valence-electron chi connectivity index (χ1n) is 7.82. The van der Waals surface area contributed by atoms with Gasteiger partial charge in [-0.3, -0.25) is 19.0 Å². The third kappa shape index (κ3) is 6.56. The Labute approximate surface area is 145 Å². The lowest BCUT2D eigenvalue weighted by atomic mass is 10.0. The van der Waals surface area contributed by atoms with E-state index in [1.165, 1.54) is 13.3 Å². The van der Waals surface area contributed by atoms with E-state index >= 15 is 0 Å². The minimum atomic E-state index is -1.44. The Morgan fingerprint density at radius 2 is 1.79 bits per heavy atom. The summed E-state index contributed by atoms with van der Waals surface area (Å²) in [7, 11) is -0.0604. The lowest BCUT2D eigenvalue weighted by Gasteiger charge is -2.32. The first kappa shape index (κ1) is 22.5. The number of imide groups is 1. The predicted molar refractivity (Wildman–Crippen MR) is 91.9 cm³/mol. The van der Waals surface area contributed by atoms with Crippen LogP contribution in [-0.4, -0.2) is 56.4 Å². The summed E-state index contributed by atoms with van der Waals surface area (Å²) in [5.41, 5.74) is 0. The third-order valence-corrected chi connectivity index (χ3v) is 5.53. The zero-order valence-electron chi connectivity index (χ0n) is 15.2. The molecule has 0 spiro atoms. The highest BCUT2D eigenvalue weighted by Crippen LogP contribution is 2.18. The number of rotatable bonds is 8. The van der Waals surface area contributed by atoms with Crippen molar-refractivity contribution >= 4 is 28.6 Å². The molecule has 0 aromatic heterocycles. The molecule has 1 unspecified atom stereocenters. The van der Waals surface area contributed by atoms with Crippen molar-refractivity contribution < 1.29 is 23.8 Å². The molecule has 24 heavy (non-hydrogen) atoms. The maximum absolute atomic E-state index is 12.0. The average Bonchev–Trinajstić information content (AvgIpc) is 2.49. The first-order chi connectivity index (χ1) is 10.9. The topological polar surface area (TPSA) is 116 Å². The van der Waals surface area contributed by atoms with E-state index in [2.05, 4.69) is 10.6 Å². The molecule has 0 aromatic carbocycles. The molecular formula is C15H29N3O5S. The van der Waals surface area contributed by atoms with Crippen LogP contribution >= 0.6 is 0 Å². The molecule has 0 aliphatic rings. The Kier molecular flexibility index (Phi) is 9.13. The molecule has 0 heterocycles. The molecule has 0 aliphatic carbocycles. The van der Waals surface area contributed by atoms with Gasteiger partial charge < -0.3 is 10.6 Å². The third-order valence-electron chi connectivity index (χ3n) is 3.81. The largest absolute Gasteiger partial charge is 0.357 e. The van der Waals surface area contributed by atoms with Crippen LogP contribution in [0.1, 0.15) is 47.0 Å². The minimum absolute atomic E-state index is 0.0229. The van der Waals surface area contributed by atoms with E-state index in [1.54, 1.807) is 13.8 Å². The second-order valence-corrected chi connectivity index (χ2v) is 8.51. The summed E-state index contributed by atoms with van der Waals surface area (Å²) in [6.45, 7) is 7.12. The fourth-order valence-corrected chi connectivity index (χ4v) is 2.43. The molecule has 0 saturated heterocycles. The molecule has 0 saturated carbocycles. The van der Waals surface area contributed by atoms with Crippen LogP contribution in [0.2, 0.25) is 0 Å². The van der Waals surface area contributed by atoms with E-state index in [0.29, 0.717) is 12.3 Å². The van der Waals surface area contributed by atoms with Crippen molar-refractivity contribution in [1.29, 1.82) is 0 Å². The van der Waals surface area contributed by atoms with Gasteiger partial charge in [-0.25, -0.2) is 4.79 Å². The zero-order valence-corrected chi connectivity index (χ0v) is 16.0. The van der Waals surface area contributed by atoms with E-state index in [9.17, 15) is 23.8 Å². The van der Waals surface area contributed by atoms with Crippen LogP contribution in [0, 0.1) is 5.92 Å². The summed E-state index contributed by atoms with van der Waals surface area (Å²) in [5.74, 6) is -0.903. The molecule has 0 aliphatic heterocycles. The van der Waals surface area contributed by atoms with Gasteiger partial charge in [0.1, 0.15) is 6.04 Å². The summed E-state index contributed by atoms with van der Waals surface area (Å²) in [4.78, 5) is 35.9. The van der Waals surface area contributed by atoms with E-state index < -0.39 is 39.4 Å². The minimum Gasteiger partial charge on any atom is -0.357 e. The monoisotopic (exact) mass is 363 g/mol. The molecule has 0 rings (SSSR count). The summed E-state index contributed by atoms with van der Waals surface area (Å²) in [6, 6.07) is -2.28. The van der Waals surface area contributed by atoms with Crippen LogP contribution in [0.15, 0.2) is 0 Å². The number of hydroxylamine groups is 2. The summed E-state index contributed by atoms with van der Waals surface area (Å²) < 4.78 is 10.8. The average molecular weight is 363 g/mol. The quantitative estimate of drug-likeness (QED) is 0.440. The van der Waals surface area contributed by atoms with Crippen LogP contribution in [0.5, 0.6) is 0 Å². The number of amides is 4. The Balaban J connectivity index is 4.97. The standard InChI is InChI=1S/C15H29N3O5S/c1-10(2)8-7-9-11(19)18(22)14(21)17-12(13(20)16-5)15(3,4)24(6)23/h10,12,22H,7-9H2,1-6H3,(H,16,20)(H,17,21)/t12-,24?/m0/s1. The van der Waals surface area contributed by atoms with Crippen molar-refractivity contribution in [3.05, 3.63) is 0 Å². The second kappa shape index (κ2) is 9.73. The molecule has 2 atom stereocenters. The van der Waals surface area contributed by atoms with Crippen molar-refractivity contribution in [1.82, 2.24) is 15.7 Å². The van der Waals surface area contributed by atoms with Gasteiger partial charge in [0.05, 0.1) is 4.75 Å². The molecule has 4 amide bonds. The molecule has 0 radical (unpaired) electrons. The Morgan fingerprint density at radius 1 is 1.25 bits per heavy atom. The number of likely N-dealkylation sites (N-methyl/N-ethyl adjacent to an activating group) is 1. The highest BCUT2D eigenvalue weighted by atomic mass is 32.2. The maximum Gasteiger partial charge on any atom is 0.349 e. The van der Waals surface area contributed by atoms with Gasteiger partial charge in [-0.15, -0.1) is 5.06 Å². The molecular weight excluding hydrogens is 334 g/mol. The van der Waals surface area contributed by atoms with Gasteiger partial charge in [-0.05, 0) is 26.2 Å². The van der Waals surface area contributed by atoms with Crippen molar-refractivity contribution in [2.45, 2.75) is 57.7 Å². The Morgan fingerprint density at radius 3 is 2.21 bits per heavy atom. The molecule has 0 bridgehead atoms. The van der Waals surface area contributed by atoms with E-state index in [1.807, 2.05) is 13.8 Å². The van der Waals surface area contributed by atoms with Crippen LogP contribution < -0.4 is 10.6 Å². The lowest BCUT2D eigenvalue weighted by Crippen LogP contribution is -2.61. The van der Waals surface area contributed by atoms with Gasteiger partial charge in [0.25, 0.3) is 5.91 Å². The molecule has 8 nitrogen and oxygen atoms in total. The number of hydrogen-bond donors (Lipinski definition) is 3. The number of carbonyl (C=O) groups is 3. The lowest BCUT2D eigenvalue weighted by molar-refractivity contribution is -0.153. The Bertz CT molecular complexity index is 494. The number of hydrogen-bond acceptors (Lipinski definition) is 5. The van der Waals surface area contributed by atoms with E-state index in [-0.39, 0.29) is 11.5 Å². The van der Waals surface area contributed by atoms with Gasteiger partial charge in [-0.2, -0.15) is 0 Å². The van der Waals surface area contributed by atoms with E-state index in [4.69, 9.17) is 0 Å². The second-order valence-electron chi connectivity index (χ2n) is 6.55. The molecule has 140 valence electrons. The van der Waals surface area contributed by atoms with Crippen molar-refractivity contribution in [2.75, 3.05) is 13.3 Å². The molecule has 3 N–H and O–H groups in total. The summed E-state index contributed by atoms with van der Waals surface area (Å²) in [5, 5.41) is 14.4. The van der Waals surface area contributed by atoms with Gasteiger partial charge in [0, 0.05) is 30.5 Å². The fraction of sp³-hybridized carbons (Fsp3) is 0.800. The highest BCUT2D eigenvalue weighted by molar-refractivity contribution is 7.85. The van der Waals surface area contributed by atoms with Crippen LogP contribution in [-0.2, 0) is 20.4 Å². The van der Waals surface area contributed by atoms with Crippen LogP contribution in [0.3, 0.4) is 0 Å². The van der Waals surface area contributed by atoms with Gasteiger partial charge in [0.15, 0.2) is 0 Å². The fourth-order valence-electron chi connectivity index (χ4n) is 1.93. The Hall–Kier alpha value is -1.48. The zero-order chi connectivity index (χ0) is 19.1. The molecule has 9 heteroatoms. The van der Waals surface area contributed by atoms with Crippen molar-refractivity contribution in [3.63, 3.8) is 0 Å². The smallest absolute Gasteiger partial charge is 0.349 e. The summed E-state index contributed by atoms with van der Waals surface area (Å²) in [6.07, 6.45) is 2.78. The van der Waals surface area contributed by atoms with Crippen molar-refractivity contribution in [3.8, 4) is 0 Å². The van der Waals surface area contributed by atoms with Crippen LogP contribution in [0.25, 0.3) is 0 Å². The summed E-state index contributed by atoms with van der Waals surface area (Å²) >= 11 is 0. The number of nitrogens with one attached hydrogen (secondary N) is 2. The SMILES string of the molecule is CNC(=O)[C@H](NC(=O)N(O)C(=O)CCCC(C)C)C(C)(C)S(C)=O. The van der Waals surface area contributed by atoms with Gasteiger partial charge in [-0.1, -0.05) is 20.3 Å². The highest BCUT2D eigenvalue weighted by Gasteiger charge is 2.40. The van der Waals surface area contributed by atoms with Gasteiger partial charge in [0.2, 0.25) is 5.91 Å². The predicted octanol–water partition coefficient (Wildman–Crippen LogP) is 1.01. The molecule has 0 aromatic rings. The van der Waals surface area contributed by atoms with Crippen LogP contribution in [0.4, 0.5) is 4.79 Å². The normalized spacial score (nSPS) is 14.0. The maximum atomic E-state index is 12.0. The number of urea groups is 1. The van der Waals surface area contributed by atoms with Gasteiger partial charge >= 0.3 is 6.03 Å². The number of nitrogens with zero attached hydrogens (tertiary/aromatic N) is 1. The van der Waals surface area contributed by atoms with E-state index in [0.717, 1.165) is 6.42 Å². The van der Waals surface area contributed by atoms with Crippen molar-refractivity contribution in [2.24, 2.45) is 5.92 Å². The number of carbonyl (C=O) groups excluding carboxylic acids is 3. The molecule has 0 fully saturated rings. The first-order valence-corrected chi connectivity index (χ1v) is 9.38.